The van der Waals surface area contributed by atoms with E-state index in [9.17, 15) is 0 Å². The molecule has 27 heavy (non-hydrogen) atoms. The first-order valence-electron chi connectivity index (χ1n) is 10.3. The lowest BCUT2D eigenvalue weighted by Crippen LogP contribution is -2.49. The summed E-state index contributed by atoms with van der Waals surface area (Å²) in [7, 11) is 1.84. The summed E-state index contributed by atoms with van der Waals surface area (Å²) in [5.41, 5.74) is 0.906. The SMILES string of the molecule is CCCCN1CCC(NC(=NC)NCCCc2nnc3ccccn23)CC1. The molecule has 148 valence electrons. The van der Waals surface area contributed by atoms with Crippen molar-refractivity contribution in [1.29, 1.82) is 0 Å². The molecule has 0 saturated carbocycles. The van der Waals surface area contributed by atoms with E-state index in [0.717, 1.165) is 36.8 Å². The van der Waals surface area contributed by atoms with Gasteiger partial charge < -0.3 is 15.5 Å². The molecule has 7 nitrogen and oxygen atoms in total. The molecule has 2 aromatic rings. The lowest BCUT2D eigenvalue weighted by atomic mass is 10.0. The van der Waals surface area contributed by atoms with Crippen molar-refractivity contribution >= 4 is 11.6 Å². The number of nitrogens with one attached hydrogen (secondary N) is 2. The van der Waals surface area contributed by atoms with E-state index in [1.165, 1.54) is 45.3 Å². The molecule has 3 rings (SSSR count). The van der Waals surface area contributed by atoms with Crippen molar-refractivity contribution < 1.29 is 0 Å². The average Bonchev–Trinajstić information content (AvgIpc) is 3.13. The van der Waals surface area contributed by atoms with Crippen molar-refractivity contribution in [2.75, 3.05) is 33.2 Å². The number of likely N-dealkylation sites (tertiary alicyclic amines) is 1. The number of piperidine rings is 1. The Hall–Kier alpha value is -2.15. The van der Waals surface area contributed by atoms with Gasteiger partial charge in [0.25, 0.3) is 0 Å². The predicted octanol–water partition coefficient (Wildman–Crippen LogP) is 2.09. The molecule has 0 radical (unpaired) electrons. The van der Waals surface area contributed by atoms with Gasteiger partial charge in [-0.05, 0) is 44.4 Å². The minimum absolute atomic E-state index is 0.523. The molecule has 7 heteroatoms. The van der Waals surface area contributed by atoms with Crippen LogP contribution in [0.25, 0.3) is 5.65 Å². The standard InChI is InChI=1S/C20H33N7/c1-3-4-13-26-15-10-17(11-16-26)23-20(21-2)22-12-7-9-19-25-24-18-8-5-6-14-27(18)19/h5-6,8,14,17H,3-4,7,9-13,15-16H2,1-2H3,(H2,21,22,23). The Morgan fingerprint density at radius 2 is 2.07 bits per heavy atom. The third-order valence-corrected chi connectivity index (χ3v) is 5.23. The maximum atomic E-state index is 4.38. The van der Waals surface area contributed by atoms with Crippen LogP contribution in [0.4, 0.5) is 0 Å². The smallest absolute Gasteiger partial charge is 0.191 e. The molecule has 0 unspecified atom stereocenters. The zero-order valence-electron chi connectivity index (χ0n) is 16.7. The summed E-state index contributed by atoms with van der Waals surface area (Å²) >= 11 is 0. The van der Waals surface area contributed by atoms with E-state index in [4.69, 9.17) is 0 Å². The highest BCUT2D eigenvalue weighted by Gasteiger charge is 2.19. The Labute approximate surface area is 162 Å². The monoisotopic (exact) mass is 371 g/mol. The highest BCUT2D eigenvalue weighted by Crippen LogP contribution is 2.11. The summed E-state index contributed by atoms with van der Waals surface area (Å²) in [6.07, 6.45) is 8.87. The second-order valence-electron chi connectivity index (χ2n) is 7.26. The van der Waals surface area contributed by atoms with E-state index >= 15 is 0 Å². The van der Waals surface area contributed by atoms with Gasteiger partial charge in [0.15, 0.2) is 11.6 Å². The number of nitrogens with zero attached hydrogens (tertiary/aromatic N) is 5. The number of aliphatic imine (C=N–C) groups is 1. The number of hydrogen-bond acceptors (Lipinski definition) is 4. The Bertz CT molecular complexity index is 716. The molecule has 0 spiro atoms. The maximum absolute atomic E-state index is 4.38. The van der Waals surface area contributed by atoms with E-state index in [1.807, 2.05) is 31.4 Å². The summed E-state index contributed by atoms with van der Waals surface area (Å²) in [6, 6.07) is 6.50. The molecule has 0 atom stereocenters. The Kier molecular flexibility index (Phi) is 7.45. The van der Waals surface area contributed by atoms with E-state index in [0.29, 0.717) is 6.04 Å². The fraction of sp³-hybridized carbons (Fsp3) is 0.650. The van der Waals surface area contributed by atoms with Crippen LogP contribution in [0, 0.1) is 0 Å². The molecule has 0 aromatic carbocycles. The number of unbranched alkanes of at least 4 members (excludes halogenated alkanes) is 1. The van der Waals surface area contributed by atoms with Crippen LogP contribution >= 0.6 is 0 Å². The largest absolute Gasteiger partial charge is 0.356 e. The minimum atomic E-state index is 0.523. The number of aromatic nitrogens is 3. The third kappa shape index (κ3) is 5.66. The molecule has 1 fully saturated rings. The van der Waals surface area contributed by atoms with Gasteiger partial charge in [0, 0.05) is 45.3 Å². The van der Waals surface area contributed by atoms with Crippen molar-refractivity contribution in [3.8, 4) is 0 Å². The van der Waals surface area contributed by atoms with Gasteiger partial charge in [-0.3, -0.25) is 9.39 Å². The maximum Gasteiger partial charge on any atom is 0.191 e. The van der Waals surface area contributed by atoms with Crippen LogP contribution < -0.4 is 10.6 Å². The first-order chi connectivity index (χ1) is 13.3. The van der Waals surface area contributed by atoms with Gasteiger partial charge in [-0.15, -0.1) is 10.2 Å². The fourth-order valence-corrected chi connectivity index (χ4v) is 3.59. The average molecular weight is 372 g/mol. The van der Waals surface area contributed by atoms with Gasteiger partial charge in [-0.25, -0.2) is 0 Å². The molecule has 2 aromatic heterocycles. The van der Waals surface area contributed by atoms with E-state index in [1.54, 1.807) is 0 Å². The molecular weight excluding hydrogens is 338 g/mol. The highest BCUT2D eigenvalue weighted by molar-refractivity contribution is 5.79. The zero-order valence-corrected chi connectivity index (χ0v) is 16.7. The van der Waals surface area contributed by atoms with Crippen molar-refractivity contribution in [3.63, 3.8) is 0 Å². The minimum Gasteiger partial charge on any atom is -0.356 e. The van der Waals surface area contributed by atoms with Gasteiger partial charge in [0.1, 0.15) is 5.82 Å². The molecule has 0 amide bonds. The van der Waals surface area contributed by atoms with Crippen LogP contribution in [0.1, 0.15) is 44.9 Å². The third-order valence-electron chi connectivity index (χ3n) is 5.23. The summed E-state index contributed by atoms with van der Waals surface area (Å²) in [5.74, 6) is 1.92. The van der Waals surface area contributed by atoms with Gasteiger partial charge in [0.2, 0.25) is 0 Å². The van der Waals surface area contributed by atoms with E-state index in [-0.39, 0.29) is 0 Å². The van der Waals surface area contributed by atoms with Gasteiger partial charge in [0.05, 0.1) is 0 Å². The fourth-order valence-electron chi connectivity index (χ4n) is 3.59. The first-order valence-corrected chi connectivity index (χ1v) is 10.3. The number of aryl methyl sites for hydroxylation is 1. The van der Waals surface area contributed by atoms with Crippen LogP contribution in [-0.4, -0.2) is 64.7 Å². The molecule has 0 aliphatic carbocycles. The van der Waals surface area contributed by atoms with Gasteiger partial charge >= 0.3 is 0 Å². The molecular formula is C20H33N7. The van der Waals surface area contributed by atoms with Crippen LogP contribution in [0.3, 0.4) is 0 Å². The molecule has 0 bridgehead atoms. The molecule has 3 heterocycles. The zero-order chi connectivity index (χ0) is 18.9. The second kappa shape index (κ2) is 10.3. The van der Waals surface area contributed by atoms with Crippen LogP contribution in [0.5, 0.6) is 0 Å². The van der Waals surface area contributed by atoms with Crippen molar-refractivity contribution in [3.05, 3.63) is 30.2 Å². The highest BCUT2D eigenvalue weighted by atomic mass is 15.2. The summed E-state index contributed by atoms with van der Waals surface area (Å²) in [6.45, 7) is 6.75. The lowest BCUT2D eigenvalue weighted by molar-refractivity contribution is 0.203. The second-order valence-corrected chi connectivity index (χ2v) is 7.26. The van der Waals surface area contributed by atoms with Crippen molar-refractivity contribution in [2.24, 2.45) is 4.99 Å². The summed E-state index contributed by atoms with van der Waals surface area (Å²) in [4.78, 5) is 6.97. The lowest BCUT2D eigenvalue weighted by Gasteiger charge is -2.33. The quantitative estimate of drug-likeness (QED) is 0.422. The predicted molar refractivity (Wildman–Crippen MR) is 110 cm³/mol. The van der Waals surface area contributed by atoms with E-state index < -0.39 is 0 Å². The van der Waals surface area contributed by atoms with Crippen molar-refractivity contribution in [2.45, 2.75) is 51.5 Å². The molecule has 1 saturated heterocycles. The number of fused-ring (bicyclic) bond motifs is 1. The van der Waals surface area contributed by atoms with Crippen LogP contribution in [0.15, 0.2) is 29.4 Å². The van der Waals surface area contributed by atoms with Crippen LogP contribution in [0.2, 0.25) is 0 Å². The number of rotatable bonds is 8. The number of pyridine rings is 1. The number of guanidine groups is 1. The summed E-state index contributed by atoms with van der Waals surface area (Å²) in [5, 5.41) is 15.5. The molecule has 1 aliphatic heterocycles. The first kappa shape index (κ1) is 19.6. The Morgan fingerprint density at radius 1 is 1.22 bits per heavy atom. The van der Waals surface area contributed by atoms with Gasteiger partial charge in [-0.2, -0.15) is 0 Å². The normalized spacial score (nSPS) is 16.7. The molecule has 1 aliphatic rings. The van der Waals surface area contributed by atoms with Crippen LogP contribution in [-0.2, 0) is 6.42 Å². The Morgan fingerprint density at radius 3 is 2.85 bits per heavy atom. The Balaban J connectivity index is 1.36. The topological polar surface area (TPSA) is 69.8 Å². The van der Waals surface area contributed by atoms with Gasteiger partial charge in [-0.1, -0.05) is 19.4 Å². The molecule has 2 N–H and O–H groups in total. The summed E-state index contributed by atoms with van der Waals surface area (Å²) < 4.78 is 2.05. The van der Waals surface area contributed by atoms with E-state index in [2.05, 4.69) is 42.0 Å². The number of hydrogen-bond donors (Lipinski definition) is 2. The van der Waals surface area contributed by atoms with Crippen molar-refractivity contribution in [1.82, 2.24) is 30.1 Å².